The molecule has 4 unspecified atom stereocenters. The van der Waals surface area contributed by atoms with Gasteiger partial charge >= 0.3 is 7.82 Å². The van der Waals surface area contributed by atoms with E-state index in [-0.39, 0.29) is 19.6 Å². The van der Waals surface area contributed by atoms with Gasteiger partial charge in [0.2, 0.25) is 5.91 Å². The maximum absolute atomic E-state index is 12.6. The van der Waals surface area contributed by atoms with Crippen LogP contribution in [0.25, 0.3) is 0 Å². The van der Waals surface area contributed by atoms with Gasteiger partial charge in [0.1, 0.15) is 0 Å². The lowest BCUT2D eigenvalue weighted by atomic mass is 10.0. The number of amides is 1. The number of nitrogens with one attached hydrogen (secondary N) is 1. The van der Waals surface area contributed by atoms with Crippen molar-refractivity contribution in [1.29, 1.82) is 0 Å². The van der Waals surface area contributed by atoms with Gasteiger partial charge in [0.15, 0.2) is 0 Å². The third-order valence-electron chi connectivity index (χ3n) is 6.83. The van der Waals surface area contributed by atoms with Crippen LogP contribution >= 0.6 is 7.82 Å². The Hall–Kier alpha value is -1.06. The smallest absolute Gasteiger partial charge is 0.393 e. The van der Waals surface area contributed by atoms with Crippen LogP contribution in [-0.2, 0) is 18.4 Å². The molecule has 0 radical (unpaired) electrons. The van der Waals surface area contributed by atoms with Gasteiger partial charge in [0.05, 0.1) is 37.9 Å². The summed E-state index contributed by atoms with van der Waals surface area (Å²) in [6.07, 6.45) is 24.2. The van der Waals surface area contributed by atoms with Crippen molar-refractivity contribution in [1.82, 2.24) is 5.32 Å². The number of phosphoric ester groups is 1. The average molecular weight is 605 g/mol. The van der Waals surface area contributed by atoms with Gasteiger partial charge in [-0.1, -0.05) is 115 Å². The number of rotatable bonds is 29. The Kier molecular flexibility index (Phi) is 27.0. The number of nitrogens with two attached hydrogens (primary N) is 1. The van der Waals surface area contributed by atoms with Crippen LogP contribution < -0.4 is 11.1 Å². The van der Waals surface area contributed by atoms with E-state index in [9.17, 15) is 24.5 Å². The summed E-state index contributed by atoms with van der Waals surface area (Å²) in [5, 5.41) is 23.7. The van der Waals surface area contributed by atoms with Crippen LogP contribution in [0, 0.1) is 0 Å². The highest BCUT2D eigenvalue weighted by Gasteiger charge is 2.27. The number of aliphatic hydroxyl groups is 2. The number of hydrogen-bond donors (Lipinski definition) is 5. The van der Waals surface area contributed by atoms with Crippen molar-refractivity contribution in [2.75, 3.05) is 19.8 Å². The van der Waals surface area contributed by atoms with Gasteiger partial charge in [-0.2, -0.15) is 0 Å². The molecule has 0 heterocycles. The van der Waals surface area contributed by atoms with Gasteiger partial charge in [-0.25, -0.2) is 4.57 Å². The summed E-state index contributed by atoms with van der Waals surface area (Å²) in [5.41, 5.74) is 5.31. The summed E-state index contributed by atoms with van der Waals surface area (Å²) in [4.78, 5) is 22.4. The second-order valence-electron chi connectivity index (χ2n) is 10.9. The SMILES string of the molecule is CCCCCCC/C=C/CC/C=C/C(O)C(COP(=O)(O)OCCN)NC(=O)CC(O)CCCCCCCCCC. The summed E-state index contributed by atoms with van der Waals surface area (Å²) < 4.78 is 21.8. The maximum atomic E-state index is 12.6. The fourth-order valence-corrected chi connectivity index (χ4v) is 5.12. The summed E-state index contributed by atoms with van der Waals surface area (Å²) in [6.45, 7) is 3.85. The second-order valence-corrected chi connectivity index (χ2v) is 12.3. The molecule has 41 heavy (non-hydrogen) atoms. The lowest BCUT2D eigenvalue weighted by Crippen LogP contribution is -2.46. The van der Waals surface area contributed by atoms with E-state index < -0.39 is 38.6 Å². The molecule has 242 valence electrons. The molecule has 0 rings (SSSR count). The Labute approximate surface area is 250 Å². The summed E-state index contributed by atoms with van der Waals surface area (Å²) in [5.74, 6) is -0.462. The van der Waals surface area contributed by atoms with Crippen LogP contribution in [0.5, 0.6) is 0 Å². The van der Waals surface area contributed by atoms with Crippen molar-refractivity contribution in [3.63, 3.8) is 0 Å². The fraction of sp³-hybridized carbons (Fsp3) is 0.839. The third-order valence-corrected chi connectivity index (χ3v) is 7.82. The zero-order chi connectivity index (χ0) is 30.6. The fourth-order valence-electron chi connectivity index (χ4n) is 4.36. The van der Waals surface area contributed by atoms with Crippen molar-refractivity contribution in [3.05, 3.63) is 24.3 Å². The first-order chi connectivity index (χ1) is 19.8. The van der Waals surface area contributed by atoms with Gasteiger partial charge in [0, 0.05) is 6.54 Å². The number of carbonyl (C=O) groups excluding carboxylic acids is 1. The predicted octanol–water partition coefficient (Wildman–Crippen LogP) is 6.46. The molecule has 0 aromatic carbocycles. The molecule has 0 aromatic heterocycles. The zero-order valence-electron chi connectivity index (χ0n) is 25.9. The highest BCUT2D eigenvalue weighted by atomic mass is 31.2. The number of hydrogen-bond acceptors (Lipinski definition) is 7. The monoisotopic (exact) mass is 604 g/mol. The summed E-state index contributed by atoms with van der Waals surface area (Å²) in [7, 11) is -4.39. The van der Waals surface area contributed by atoms with E-state index >= 15 is 0 Å². The number of allylic oxidation sites excluding steroid dienone is 3. The number of unbranched alkanes of at least 4 members (excludes halogenated alkanes) is 13. The van der Waals surface area contributed by atoms with Gasteiger partial charge in [-0.05, 0) is 32.1 Å². The topological polar surface area (TPSA) is 151 Å². The molecule has 0 aliphatic rings. The lowest BCUT2D eigenvalue weighted by Gasteiger charge is -2.24. The van der Waals surface area contributed by atoms with E-state index in [0.717, 1.165) is 32.1 Å². The molecule has 0 bridgehead atoms. The van der Waals surface area contributed by atoms with Crippen LogP contribution in [0.15, 0.2) is 24.3 Å². The van der Waals surface area contributed by atoms with Crippen LogP contribution in [0.3, 0.4) is 0 Å². The molecule has 0 saturated carbocycles. The molecular weight excluding hydrogens is 543 g/mol. The minimum Gasteiger partial charge on any atom is -0.393 e. The van der Waals surface area contributed by atoms with Crippen molar-refractivity contribution < 1.29 is 33.5 Å². The van der Waals surface area contributed by atoms with Crippen LogP contribution in [-0.4, -0.2) is 59.0 Å². The van der Waals surface area contributed by atoms with Gasteiger partial charge in [-0.3, -0.25) is 13.8 Å². The van der Waals surface area contributed by atoms with Gasteiger partial charge < -0.3 is 26.2 Å². The Bertz CT molecular complexity index is 721. The molecule has 0 fully saturated rings. The van der Waals surface area contributed by atoms with E-state index in [1.807, 2.05) is 6.08 Å². The van der Waals surface area contributed by atoms with Crippen molar-refractivity contribution >= 4 is 13.7 Å². The first-order valence-electron chi connectivity index (χ1n) is 16.0. The minimum absolute atomic E-state index is 0.0451. The van der Waals surface area contributed by atoms with E-state index in [1.165, 1.54) is 64.2 Å². The van der Waals surface area contributed by atoms with E-state index in [4.69, 9.17) is 14.8 Å². The normalized spacial score (nSPS) is 15.8. The summed E-state index contributed by atoms with van der Waals surface area (Å²) >= 11 is 0. The van der Waals surface area contributed by atoms with Crippen LogP contribution in [0.2, 0.25) is 0 Å². The van der Waals surface area contributed by atoms with E-state index in [0.29, 0.717) is 12.8 Å². The standard InChI is InChI=1S/C31H61N2O7P/c1-3-5-7-9-11-13-14-15-17-19-21-23-30(35)29(27-40-41(37,38)39-25-24-32)33-31(36)26-28(34)22-20-18-16-12-10-8-6-4-2/h14-15,21,23,28-30,34-35H,3-13,16-20,22,24-27,32H2,1-2H3,(H,33,36)(H,37,38)/b15-14+,23-21+. The Morgan fingerprint density at radius 2 is 1.39 bits per heavy atom. The highest BCUT2D eigenvalue weighted by Crippen LogP contribution is 2.43. The van der Waals surface area contributed by atoms with Crippen LogP contribution in [0.1, 0.15) is 129 Å². The Morgan fingerprint density at radius 1 is 0.829 bits per heavy atom. The quantitative estimate of drug-likeness (QED) is 0.0371. The molecule has 4 atom stereocenters. The minimum atomic E-state index is -4.39. The van der Waals surface area contributed by atoms with Crippen molar-refractivity contribution in [3.8, 4) is 0 Å². The lowest BCUT2D eigenvalue weighted by molar-refractivity contribution is -0.124. The molecule has 9 nitrogen and oxygen atoms in total. The first kappa shape index (κ1) is 39.9. The summed E-state index contributed by atoms with van der Waals surface area (Å²) in [6, 6.07) is -0.991. The highest BCUT2D eigenvalue weighted by molar-refractivity contribution is 7.47. The van der Waals surface area contributed by atoms with Gasteiger partial charge in [0.25, 0.3) is 0 Å². The average Bonchev–Trinajstić information content (AvgIpc) is 2.94. The van der Waals surface area contributed by atoms with Gasteiger partial charge in [-0.15, -0.1) is 0 Å². The molecule has 0 aromatic rings. The third kappa shape index (κ3) is 26.3. The Morgan fingerprint density at radius 3 is 2.02 bits per heavy atom. The second kappa shape index (κ2) is 27.8. The number of phosphoric acid groups is 1. The van der Waals surface area contributed by atoms with E-state index in [1.54, 1.807) is 6.08 Å². The molecule has 10 heteroatoms. The largest absolute Gasteiger partial charge is 0.472 e. The van der Waals surface area contributed by atoms with E-state index in [2.05, 4.69) is 31.3 Å². The molecule has 0 aliphatic heterocycles. The maximum Gasteiger partial charge on any atom is 0.472 e. The molecule has 0 saturated heterocycles. The zero-order valence-corrected chi connectivity index (χ0v) is 26.8. The van der Waals surface area contributed by atoms with Crippen molar-refractivity contribution in [2.45, 2.75) is 148 Å². The Balaban J connectivity index is 4.65. The molecule has 0 spiro atoms. The van der Waals surface area contributed by atoms with Crippen LogP contribution in [0.4, 0.5) is 0 Å². The predicted molar refractivity (Wildman–Crippen MR) is 167 cm³/mol. The molecule has 6 N–H and O–H groups in total. The number of carbonyl (C=O) groups is 1. The first-order valence-corrected chi connectivity index (χ1v) is 17.5. The molecular formula is C31H61N2O7P. The number of aliphatic hydroxyl groups excluding tert-OH is 2. The molecule has 0 aliphatic carbocycles. The molecule has 1 amide bonds. The van der Waals surface area contributed by atoms with Crippen molar-refractivity contribution in [2.24, 2.45) is 5.73 Å².